The SMILES string of the molecule is CCCCC/C=C\C/C=C\C/C=C\CCCCCCC(=O)NC(COP(=O)([O-])OCC[N+](C)(C)C)C(/C=C/CCCCCCCCCCCCC)OC(=O)CCCCC/C=C\CCCCCCCCC. The lowest BCUT2D eigenvalue weighted by Crippen LogP contribution is -2.47. The van der Waals surface area contributed by atoms with Crippen LogP contribution in [-0.2, 0) is 27.9 Å². The van der Waals surface area contributed by atoms with Crippen LogP contribution in [-0.4, -0.2) is 69.4 Å². The molecule has 0 rings (SSSR count). The minimum atomic E-state index is -4.70. The highest BCUT2D eigenvalue weighted by molar-refractivity contribution is 7.45. The topological polar surface area (TPSA) is 114 Å². The maximum absolute atomic E-state index is 13.5. The number of likely N-dealkylation sites (N-methyl/N-ethyl adjacent to an activating group) is 1. The average molecular weight is 1000 g/mol. The van der Waals surface area contributed by atoms with E-state index in [1.54, 1.807) is 0 Å². The van der Waals surface area contributed by atoms with Crippen molar-refractivity contribution >= 4 is 19.7 Å². The second kappa shape index (κ2) is 50.3. The van der Waals surface area contributed by atoms with Gasteiger partial charge in [0.2, 0.25) is 5.91 Å². The Labute approximate surface area is 432 Å². The molecule has 3 atom stereocenters. The van der Waals surface area contributed by atoms with Crippen molar-refractivity contribution in [1.82, 2.24) is 5.32 Å². The fraction of sp³-hybridized carbons (Fsp3) is 0.800. The zero-order valence-electron chi connectivity index (χ0n) is 46.5. The van der Waals surface area contributed by atoms with Gasteiger partial charge >= 0.3 is 5.97 Å². The summed E-state index contributed by atoms with van der Waals surface area (Å²) in [5, 5.41) is 3.01. The largest absolute Gasteiger partial charge is 0.756 e. The van der Waals surface area contributed by atoms with Crippen LogP contribution in [0.5, 0.6) is 0 Å². The number of allylic oxidation sites excluding steroid dienone is 9. The molecule has 0 saturated carbocycles. The van der Waals surface area contributed by atoms with E-state index in [-0.39, 0.29) is 31.3 Å². The van der Waals surface area contributed by atoms with Crippen LogP contribution in [0.2, 0.25) is 0 Å². The molecular weight excluding hydrogens is 892 g/mol. The van der Waals surface area contributed by atoms with Crippen molar-refractivity contribution in [2.75, 3.05) is 40.9 Å². The number of phosphoric acid groups is 1. The maximum Gasteiger partial charge on any atom is 0.306 e. The number of quaternary nitrogens is 1. The summed E-state index contributed by atoms with van der Waals surface area (Å²) < 4.78 is 30.2. The average Bonchev–Trinajstić information content (AvgIpc) is 3.32. The van der Waals surface area contributed by atoms with Gasteiger partial charge in [0, 0.05) is 12.8 Å². The van der Waals surface area contributed by atoms with E-state index < -0.39 is 26.6 Å². The lowest BCUT2D eigenvalue weighted by atomic mass is 10.0. The van der Waals surface area contributed by atoms with Crippen molar-refractivity contribution in [3.8, 4) is 0 Å². The molecule has 1 N–H and O–H groups in total. The number of nitrogens with zero attached hydrogens (tertiary/aromatic N) is 1. The first-order valence-corrected chi connectivity index (χ1v) is 30.6. The van der Waals surface area contributed by atoms with Crippen LogP contribution in [0, 0.1) is 0 Å². The Kier molecular flexibility index (Phi) is 48.6. The van der Waals surface area contributed by atoms with Gasteiger partial charge in [-0.15, -0.1) is 0 Å². The number of phosphoric ester groups is 1. The normalized spacial score (nSPS) is 14.2. The first-order valence-electron chi connectivity index (χ1n) is 29.1. The van der Waals surface area contributed by atoms with Gasteiger partial charge in [-0.05, 0) is 96.0 Å². The Morgan fingerprint density at radius 3 is 1.36 bits per heavy atom. The van der Waals surface area contributed by atoms with E-state index in [1.807, 2.05) is 33.3 Å². The van der Waals surface area contributed by atoms with Crippen molar-refractivity contribution in [2.24, 2.45) is 0 Å². The van der Waals surface area contributed by atoms with Gasteiger partial charge in [0.1, 0.15) is 19.3 Å². The zero-order chi connectivity index (χ0) is 51.5. The second-order valence-corrected chi connectivity index (χ2v) is 22.2. The third kappa shape index (κ3) is 50.6. The molecule has 0 saturated heterocycles. The van der Waals surface area contributed by atoms with Crippen molar-refractivity contribution in [3.63, 3.8) is 0 Å². The summed E-state index contributed by atoms with van der Waals surface area (Å²) in [6, 6.07) is -0.906. The molecule has 1 amide bonds. The molecule has 0 aliphatic carbocycles. The molecule has 0 radical (unpaired) electrons. The number of carbonyl (C=O) groups is 2. The van der Waals surface area contributed by atoms with Gasteiger partial charge in [-0.3, -0.25) is 14.2 Å². The Morgan fingerprint density at radius 2 is 0.871 bits per heavy atom. The van der Waals surface area contributed by atoms with E-state index in [2.05, 4.69) is 74.7 Å². The molecule has 9 nitrogen and oxygen atoms in total. The van der Waals surface area contributed by atoms with Crippen LogP contribution in [0.25, 0.3) is 0 Å². The number of hydrogen-bond donors (Lipinski definition) is 1. The zero-order valence-corrected chi connectivity index (χ0v) is 47.4. The number of nitrogens with one attached hydrogen (secondary N) is 1. The van der Waals surface area contributed by atoms with Gasteiger partial charge in [0.15, 0.2) is 0 Å². The maximum atomic E-state index is 13.5. The Hall–Kier alpha value is -2.29. The van der Waals surface area contributed by atoms with Crippen LogP contribution < -0.4 is 10.2 Å². The molecule has 3 unspecified atom stereocenters. The molecule has 0 heterocycles. The lowest BCUT2D eigenvalue weighted by molar-refractivity contribution is -0.870. The molecule has 408 valence electrons. The van der Waals surface area contributed by atoms with Crippen molar-refractivity contribution in [2.45, 2.75) is 270 Å². The van der Waals surface area contributed by atoms with Crippen LogP contribution >= 0.6 is 7.82 Å². The number of amides is 1. The summed E-state index contributed by atoms with van der Waals surface area (Å²) >= 11 is 0. The first-order chi connectivity index (χ1) is 33.9. The Bertz CT molecular complexity index is 1390. The van der Waals surface area contributed by atoms with Gasteiger partial charge in [-0.2, -0.15) is 0 Å². The fourth-order valence-electron chi connectivity index (χ4n) is 8.11. The van der Waals surface area contributed by atoms with E-state index in [0.717, 1.165) is 83.5 Å². The molecular formula is C60H111N2O7P. The molecule has 10 heteroatoms. The predicted molar refractivity (Wildman–Crippen MR) is 298 cm³/mol. The molecule has 0 aromatic carbocycles. The molecule has 0 spiro atoms. The third-order valence-corrected chi connectivity index (χ3v) is 13.6. The van der Waals surface area contributed by atoms with Crippen LogP contribution in [0.15, 0.2) is 60.8 Å². The summed E-state index contributed by atoms with van der Waals surface area (Å²) in [5.41, 5.74) is 0. The number of carbonyl (C=O) groups excluding carboxylic acids is 2. The summed E-state index contributed by atoms with van der Waals surface area (Å²) in [6.45, 7) is 6.78. The van der Waals surface area contributed by atoms with Crippen molar-refractivity contribution in [3.05, 3.63) is 60.8 Å². The number of hydrogen-bond acceptors (Lipinski definition) is 7. The summed E-state index contributed by atoms with van der Waals surface area (Å²) in [4.78, 5) is 39.8. The van der Waals surface area contributed by atoms with Gasteiger partial charge in [0.25, 0.3) is 7.82 Å². The summed E-state index contributed by atoms with van der Waals surface area (Å²) in [7, 11) is 1.16. The Morgan fingerprint density at radius 1 is 0.500 bits per heavy atom. The van der Waals surface area contributed by atoms with E-state index in [9.17, 15) is 19.0 Å². The van der Waals surface area contributed by atoms with Crippen molar-refractivity contribution < 1.29 is 37.3 Å². The molecule has 0 fully saturated rings. The van der Waals surface area contributed by atoms with Gasteiger partial charge in [-0.1, -0.05) is 210 Å². The molecule has 0 aromatic heterocycles. The highest BCUT2D eigenvalue weighted by Crippen LogP contribution is 2.38. The number of ether oxygens (including phenoxy) is 1. The minimum absolute atomic E-state index is 0.0302. The lowest BCUT2D eigenvalue weighted by Gasteiger charge is -2.30. The van der Waals surface area contributed by atoms with Crippen LogP contribution in [0.4, 0.5) is 0 Å². The van der Waals surface area contributed by atoms with E-state index >= 15 is 0 Å². The molecule has 0 aliphatic heterocycles. The quantitative estimate of drug-likeness (QED) is 0.0212. The monoisotopic (exact) mass is 1000 g/mol. The summed E-state index contributed by atoms with van der Waals surface area (Å²) in [6.07, 6.45) is 61.8. The standard InChI is InChI=1S/C60H111N2O7P/c1-7-10-13-16-19-22-25-28-30-31-32-34-37-40-43-46-49-52-59(63)61-57(56-68-70(65,66)67-55-54-62(4,5)6)58(51-48-45-42-39-36-33-27-24-21-18-15-12-9-3)69-60(64)53-50-47-44-41-38-35-29-26-23-20-17-14-11-8-2/h19,22,28,30,32,34-35,38,48,51,57-58H,7-18,20-21,23-27,29,31,33,36-37,39-47,49-50,52-56H2,1-6H3,(H-,61,63,65,66)/b22-19-,30-28-,34-32-,38-35-,51-48+. The van der Waals surface area contributed by atoms with Gasteiger partial charge < -0.3 is 28.5 Å². The molecule has 0 bridgehead atoms. The fourth-order valence-corrected chi connectivity index (χ4v) is 8.83. The number of esters is 1. The van der Waals surface area contributed by atoms with E-state index in [0.29, 0.717) is 23.9 Å². The van der Waals surface area contributed by atoms with Crippen LogP contribution in [0.3, 0.4) is 0 Å². The number of unbranched alkanes of at least 4 members (excludes halogenated alkanes) is 28. The minimum Gasteiger partial charge on any atom is -0.756 e. The first kappa shape index (κ1) is 67.7. The number of rotatable bonds is 52. The third-order valence-electron chi connectivity index (χ3n) is 12.7. The summed E-state index contributed by atoms with van der Waals surface area (Å²) in [5.74, 6) is -0.583. The van der Waals surface area contributed by atoms with E-state index in [4.69, 9.17) is 13.8 Å². The van der Waals surface area contributed by atoms with Gasteiger partial charge in [-0.25, -0.2) is 0 Å². The predicted octanol–water partition coefficient (Wildman–Crippen LogP) is 16.9. The molecule has 0 aliphatic rings. The van der Waals surface area contributed by atoms with Gasteiger partial charge in [0.05, 0.1) is 33.8 Å². The molecule has 70 heavy (non-hydrogen) atoms. The highest BCUT2D eigenvalue weighted by Gasteiger charge is 2.27. The molecule has 0 aromatic rings. The van der Waals surface area contributed by atoms with Crippen molar-refractivity contribution in [1.29, 1.82) is 0 Å². The highest BCUT2D eigenvalue weighted by atomic mass is 31.2. The van der Waals surface area contributed by atoms with Crippen LogP contribution in [0.1, 0.15) is 258 Å². The smallest absolute Gasteiger partial charge is 0.306 e. The Balaban J connectivity index is 5.43. The second-order valence-electron chi connectivity index (χ2n) is 20.8. The van der Waals surface area contributed by atoms with E-state index in [1.165, 1.54) is 128 Å².